The van der Waals surface area contributed by atoms with Crippen molar-refractivity contribution in [3.05, 3.63) is 47.7 Å². The van der Waals surface area contributed by atoms with Crippen LogP contribution >= 0.6 is 11.3 Å². The van der Waals surface area contributed by atoms with Gasteiger partial charge in [0, 0.05) is 49.0 Å². The van der Waals surface area contributed by atoms with E-state index in [1.807, 2.05) is 7.05 Å². The summed E-state index contributed by atoms with van der Waals surface area (Å²) in [5.41, 5.74) is 3.75. The third kappa shape index (κ3) is 7.84. The smallest absolute Gasteiger partial charge is 0.401 e. The van der Waals surface area contributed by atoms with Gasteiger partial charge in [0.05, 0.1) is 65.9 Å². The summed E-state index contributed by atoms with van der Waals surface area (Å²) in [6.45, 7) is 4.39. The Hall–Kier alpha value is -3.91. The first-order valence-electron chi connectivity index (χ1n) is 18.3. The quantitative estimate of drug-likeness (QED) is 0.0642. The molecule has 19 heteroatoms. The molecule has 1 spiro atoms. The number of aliphatic imine (C=N–C) groups is 1. The lowest BCUT2D eigenvalue weighted by molar-refractivity contribution is -0.183. The van der Waals surface area contributed by atoms with Gasteiger partial charge in [-0.1, -0.05) is 0 Å². The van der Waals surface area contributed by atoms with Gasteiger partial charge in [0.2, 0.25) is 6.41 Å². The van der Waals surface area contributed by atoms with Gasteiger partial charge in [0.25, 0.3) is 10.0 Å². The van der Waals surface area contributed by atoms with Gasteiger partial charge in [0.15, 0.2) is 0 Å². The van der Waals surface area contributed by atoms with Crippen LogP contribution in [0.15, 0.2) is 51.8 Å². The number of rotatable bonds is 13. The van der Waals surface area contributed by atoms with Crippen LogP contribution in [0.25, 0.3) is 10.2 Å². The summed E-state index contributed by atoms with van der Waals surface area (Å²) in [5.74, 6) is 0.192. The number of hydrazine groups is 1. The number of aldehydes is 1. The Morgan fingerprint density at radius 1 is 1.16 bits per heavy atom. The number of ether oxygens (including phenoxy) is 3. The number of nitrogens with one attached hydrogen (secondary N) is 1. The lowest BCUT2D eigenvalue weighted by Crippen LogP contribution is -2.62. The zero-order valence-electron chi connectivity index (χ0n) is 31.0. The number of fused-ring (bicyclic) bond motifs is 3. The second kappa shape index (κ2) is 15.4. The van der Waals surface area contributed by atoms with Crippen LogP contribution in [0.3, 0.4) is 0 Å². The number of amidine groups is 1. The molecule has 5 aliphatic rings. The van der Waals surface area contributed by atoms with Crippen LogP contribution in [-0.2, 0) is 29.1 Å². The summed E-state index contributed by atoms with van der Waals surface area (Å²) in [6, 6.07) is 8.79. The zero-order valence-corrected chi connectivity index (χ0v) is 32.6. The summed E-state index contributed by atoms with van der Waals surface area (Å²) in [6.07, 6.45) is -0.606. The number of nitrogens with zero attached hydrogens (tertiary/aromatic N) is 5. The monoisotopic (exact) mass is 824 g/mol. The van der Waals surface area contributed by atoms with Crippen molar-refractivity contribution < 1.29 is 49.8 Å². The number of thiazole rings is 1. The molecule has 2 bridgehead atoms. The van der Waals surface area contributed by atoms with Crippen molar-refractivity contribution in [2.24, 2.45) is 27.2 Å². The number of alkyl halides is 3. The number of sulfonamides is 1. The highest BCUT2D eigenvalue weighted by atomic mass is 32.2. The van der Waals surface area contributed by atoms with Gasteiger partial charge in [-0.05, 0) is 69.5 Å². The Labute approximate surface area is 326 Å². The van der Waals surface area contributed by atoms with E-state index in [2.05, 4.69) is 20.2 Å². The molecule has 2 aromatic carbocycles. The highest BCUT2D eigenvalue weighted by Crippen LogP contribution is 2.55. The molecule has 1 aromatic heterocycles. The van der Waals surface area contributed by atoms with Crippen LogP contribution in [0.2, 0.25) is 0 Å². The SMILES string of the molecule is COc1ccc(S(=O)(=O)N(C=O)NC(=NCCOCC23CCC(C2)OC3)C2CN(c3cc(F)cc4ncsc34)CC23CN(C)C3)cc1.O=CC1(C(F)(F)F)CC1. The first-order chi connectivity index (χ1) is 26.7. The van der Waals surface area contributed by atoms with E-state index in [1.54, 1.807) is 5.51 Å². The normalized spacial score (nSPS) is 25.1. The van der Waals surface area contributed by atoms with E-state index in [0.29, 0.717) is 60.5 Å². The fourth-order valence-corrected chi connectivity index (χ4v) is 10.2. The minimum absolute atomic E-state index is 0.00694. The molecule has 3 saturated heterocycles. The van der Waals surface area contributed by atoms with E-state index in [1.165, 1.54) is 54.8 Å². The van der Waals surface area contributed by atoms with Gasteiger partial charge in [-0.2, -0.15) is 21.6 Å². The number of carbonyl (C=O) groups excluding carboxylic acids is 2. The topological polar surface area (TPSA) is 143 Å². The van der Waals surface area contributed by atoms with Crippen LogP contribution in [0, 0.1) is 28.0 Å². The fraction of sp³-hybridized carbons (Fsp3) is 0.568. The predicted molar refractivity (Wildman–Crippen MR) is 199 cm³/mol. The van der Waals surface area contributed by atoms with Crippen molar-refractivity contribution in [3.8, 4) is 5.75 Å². The van der Waals surface area contributed by atoms with Crippen molar-refractivity contribution in [2.45, 2.75) is 49.3 Å². The number of likely N-dealkylation sites (tertiary alicyclic amines) is 1. The van der Waals surface area contributed by atoms with Crippen LogP contribution < -0.4 is 15.1 Å². The van der Waals surface area contributed by atoms with Crippen molar-refractivity contribution >= 4 is 55.8 Å². The maximum atomic E-state index is 14.8. The molecule has 0 radical (unpaired) electrons. The average Bonchev–Trinajstić information content (AvgIpc) is 3.46. The molecule has 4 heterocycles. The highest BCUT2D eigenvalue weighted by molar-refractivity contribution is 7.89. The molecule has 1 N–H and O–H groups in total. The minimum atomic E-state index is -4.31. The Kier molecular flexibility index (Phi) is 11.1. The Morgan fingerprint density at radius 2 is 1.91 bits per heavy atom. The molecule has 3 aliphatic heterocycles. The lowest BCUT2D eigenvalue weighted by atomic mass is 9.71. The number of carbonyl (C=O) groups is 2. The average molecular weight is 825 g/mol. The molecular formula is C37H44F4N6O7S2. The zero-order chi connectivity index (χ0) is 39.9. The molecule has 5 fully saturated rings. The van der Waals surface area contributed by atoms with Gasteiger partial charge < -0.3 is 28.8 Å². The summed E-state index contributed by atoms with van der Waals surface area (Å²) in [4.78, 5) is 35.7. The molecule has 13 nitrogen and oxygen atoms in total. The largest absolute Gasteiger partial charge is 0.497 e. The maximum absolute atomic E-state index is 14.8. The molecule has 3 aromatic rings. The summed E-state index contributed by atoms with van der Waals surface area (Å²) in [5, 5.41) is 0. The van der Waals surface area contributed by atoms with Gasteiger partial charge in [-0.3, -0.25) is 15.2 Å². The number of hydrogen-bond donors (Lipinski definition) is 1. The summed E-state index contributed by atoms with van der Waals surface area (Å²) < 4.78 is 95.7. The second-order valence-electron chi connectivity index (χ2n) is 15.6. The number of halogens is 4. The summed E-state index contributed by atoms with van der Waals surface area (Å²) in [7, 11) is -0.775. The summed E-state index contributed by atoms with van der Waals surface area (Å²) >= 11 is 1.45. The molecule has 3 atom stereocenters. The fourth-order valence-electron chi connectivity index (χ4n) is 8.39. The van der Waals surface area contributed by atoms with E-state index in [0.717, 1.165) is 42.7 Å². The van der Waals surface area contributed by atoms with Crippen LogP contribution in [0.1, 0.15) is 32.1 Å². The minimum Gasteiger partial charge on any atom is -0.497 e. The number of methoxy groups -OCH3 is 1. The molecular weight excluding hydrogens is 781 g/mol. The van der Waals surface area contributed by atoms with E-state index in [-0.39, 0.29) is 59.5 Å². The molecule has 8 rings (SSSR count). The standard InChI is InChI=1S/C32H39FN6O6S2.C5H5F3O/c1-37-15-32(16-37)17-38(28-12-22(33)11-27-29(28)46-20-35-27)14-26(32)30(34-9-10-44-18-31-8-7-24(13-31)45-19-31)36-39(21-40)47(41,42)25-5-3-23(43-2)4-6-25;6-5(7,8)4(3-9)1-2-4/h3-6,11-12,20-21,24,26H,7-10,13-19H2,1-2H3,(H,34,36);3H,1-2H2. The van der Waals surface area contributed by atoms with Crippen molar-refractivity contribution in [3.63, 3.8) is 0 Å². The number of aromatic nitrogens is 1. The van der Waals surface area contributed by atoms with Gasteiger partial charge in [0.1, 0.15) is 29.1 Å². The van der Waals surface area contributed by atoms with Crippen LogP contribution in [-0.4, -0.2) is 120 Å². The van der Waals surface area contributed by atoms with E-state index in [9.17, 15) is 35.6 Å². The third-order valence-corrected chi connectivity index (χ3v) is 14.0. The second-order valence-corrected chi connectivity index (χ2v) is 18.2. The predicted octanol–water partition coefficient (Wildman–Crippen LogP) is 4.68. The number of anilines is 1. The molecule has 3 unspecified atom stereocenters. The van der Waals surface area contributed by atoms with Crippen molar-refractivity contribution in [1.82, 2.24) is 19.7 Å². The molecule has 2 aliphatic carbocycles. The first kappa shape index (κ1) is 40.3. The maximum Gasteiger partial charge on any atom is 0.401 e. The molecule has 2 saturated carbocycles. The van der Waals surface area contributed by atoms with E-state index >= 15 is 0 Å². The Balaban J connectivity index is 0.000000471. The molecule has 56 heavy (non-hydrogen) atoms. The number of amides is 1. The Bertz CT molecular complexity index is 2050. The number of hydrogen-bond acceptors (Lipinski definition) is 12. The first-order valence-corrected chi connectivity index (χ1v) is 20.6. The number of benzene rings is 2. The van der Waals surface area contributed by atoms with Crippen LogP contribution in [0.4, 0.5) is 23.2 Å². The van der Waals surface area contributed by atoms with Gasteiger partial charge in [-0.25, -0.2) is 9.37 Å². The van der Waals surface area contributed by atoms with E-state index in [4.69, 9.17) is 19.2 Å². The molecule has 304 valence electrons. The van der Waals surface area contributed by atoms with Gasteiger partial charge >= 0.3 is 6.18 Å². The molecule has 1 amide bonds. The van der Waals surface area contributed by atoms with Crippen molar-refractivity contribution in [1.29, 1.82) is 0 Å². The van der Waals surface area contributed by atoms with Gasteiger partial charge in [-0.15, -0.1) is 15.8 Å². The Morgan fingerprint density at radius 3 is 2.46 bits per heavy atom. The third-order valence-electron chi connectivity index (χ3n) is 11.6. The van der Waals surface area contributed by atoms with Crippen LogP contribution in [0.5, 0.6) is 5.75 Å². The van der Waals surface area contributed by atoms with E-state index < -0.39 is 21.6 Å². The van der Waals surface area contributed by atoms with Crippen molar-refractivity contribution in [2.75, 3.05) is 71.6 Å². The lowest BCUT2D eigenvalue weighted by Gasteiger charge is -2.49. The highest BCUT2D eigenvalue weighted by Gasteiger charge is 2.63.